The van der Waals surface area contributed by atoms with E-state index < -0.39 is 0 Å². The average molecular weight is 299 g/mol. The molecule has 108 valence electrons. The highest BCUT2D eigenvalue weighted by Crippen LogP contribution is 2.33. The fourth-order valence-electron chi connectivity index (χ4n) is 2.99. The largest absolute Gasteiger partial charge is 0.399 e. The molecule has 0 bridgehead atoms. The van der Waals surface area contributed by atoms with Gasteiger partial charge in [-0.15, -0.1) is 10.2 Å². The number of hydrogen-bond acceptors (Lipinski definition) is 5. The minimum atomic E-state index is 0.509. The molecule has 2 N–H and O–H groups in total. The van der Waals surface area contributed by atoms with Crippen LogP contribution in [0.25, 0.3) is 15.5 Å². The highest BCUT2D eigenvalue weighted by Gasteiger charge is 2.23. The first-order chi connectivity index (χ1) is 10.3. The molecular weight excluding hydrogens is 282 g/mol. The number of nitrogens with zero attached hydrogens (tertiary/aromatic N) is 4. The monoisotopic (exact) mass is 299 g/mol. The standard InChI is InChI=1S/C15H17N5S/c16-12-8-6-11(7-9-12)14-19-20-13(17-18-15(20)21-14)10-4-2-1-3-5-10/h6-10H,1-5,16H2. The van der Waals surface area contributed by atoms with Crippen LogP contribution in [0.1, 0.15) is 43.8 Å². The first-order valence-electron chi connectivity index (χ1n) is 7.39. The van der Waals surface area contributed by atoms with Gasteiger partial charge in [-0.2, -0.15) is 9.61 Å². The summed E-state index contributed by atoms with van der Waals surface area (Å²) in [7, 11) is 0. The zero-order valence-corrected chi connectivity index (χ0v) is 12.5. The fourth-order valence-corrected chi connectivity index (χ4v) is 3.84. The van der Waals surface area contributed by atoms with E-state index in [2.05, 4.69) is 10.2 Å². The Morgan fingerprint density at radius 3 is 2.57 bits per heavy atom. The summed E-state index contributed by atoms with van der Waals surface area (Å²) in [5.41, 5.74) is 7.58. The van der Waals surface area contributed by atoms with Gasteiger partial charge in [0.1, 0.15) is 5.01 Å². The molecular formula is C15H17N5S. The molecule has 0 radical (unpaired) electrons. The van der Waals surface area contributed by atoms with Crippen molar-refractivity contribution >= 4 is 22.0 Å². The SMILES string of the molecule is Nc1ccc(-c2nn3c(C4CCCCC4)nnc3s2)cc1. The number of nitrogen functional groups attached to an aromatic ring is 1. The molecule has 6 heteroatoms. The average Bonchev–Trinajstić information content (AvgIpc) is 3.09. The first kappa shape index (κ1) is 12.8. The van der Waals surface area contributed by atoms with Crippen LogP contribution in [0.4, 0.5) is 5.69 Å². The van der Waals surface area contributed by atoms with Crippen LogP contribution in [0.15, 0.2) is 24.3 Å². The summed E-state index contributed by atoms with van der Waals surface area (Å²) in [6, 6.07) is 7.81. The van der Waals surface area contributed by atoms with Gasteiger partial charge >= 0.3 is 0 Å². The highest BCUT2D eigenvalue weighted by molar-refractivity contribution is 7.19. The molecule has 0 saturated heterocycles. The molecule has 0 atom stereocenters. The third kappa shape index (κ3) is 2.29. The van der Waals surface area contributed by atoms with Crippen molar-refractivity contribution in [3.8, 4) is 10.6 Å². The van der Waals surface area contributed by atoms with Crippen molar-refractivity contribution < 1.29 is 0 Å². The van der Waals surface area contributed by atoms with Crippen molar-refractivity contribution in [1.82, 2.24) is 19.8 Å². The molecule has 0 spiro atoms. The van der Waals surface area contributed by atoms with Crippen LogP contribution in [0.2, 0.25) is 0 Å². The minimum absolute atomic E-state index is 0.509. The molecule has 5 nitrogen and oxygen atoms in total. The zero-order valence-electron chi connectivity index (χ0n) is 11.7. The molecule has 4 rings (SSSR count). The van der Waals surface area contributed by atoms with Gasteiger partial charge in [0.2, 0.25) is 4.96 Å². The number of aromatic nitrogens is 4. The lowest BCUT2D eigenvalue weighted by Crippen LogP contribution is -2.09. The zero-order chi connectivity index (χ0) is 14.2. The molecule has 0 amide bonds. The minimum Gasteiger partial charge on any atom is -0.399 e. The predicted octanol–water partition coefficient (Wildman–Crippen LogP) is 3.48. The van der Waals surface area contributed by atoms with E-state index in [0.717, 1.165) is 27.0 Å². The molecule has 21 heavy (non-hydrogen) atoms. The summed E-state index contributed by atoms with van der Waals surface area (Å²) in [4.78, 5) is 0.877. The Kier molecular flexibility index (Phi) is 3.11. The fraction of sp³-hybridized carbons (Fsp3) is 0.400. The molecule has 1 saturated carbocycles. The van der Waals surface area contributed by atoms with Gasteiger partial charge in [-0.3, -0.25) is 0 Å². The molecule has 1 fully saturated rings. The number of anilines is 1. The Morgan fingerprint density at radius 1 is 1.05 bits per heavy atom. The Bertz CT molecular complexity index is 752. The molecule has 3 aromatic rings. The maximum absolute atomic E-state index is 5.74. The van der Waals surface area contributed by atoms with Crippen LogP contribution in [0, 0.1) is 0 Å². The molecule has 0 unspecified atom stereocenters. The van der Waals surface area contributed by atoms with Crippen molar-refractivity contribution in [2.45, 2.75) is 38.0 Å². The summed E-state index contributed by atoms with van der Waals surface area (Å²) in [5, 5.41) is 14.4. The molecule has 1 aliphatic rings. The van der Waals surface area contributed by atoms with E-state index in [4.69, 9.17) is 10.8 Å². The second kappa shape index (κ2) is 5.11. The van der Waals surface area contributed by atoms with Crippen LogP contribution in [0.5, 0.6) is 0 Å². The van der Waals surface area contributed by atoms with Gasteiger partial charge in [-0.05, 0) is 37.1 Å². The van der Waals surface area contributed by atoms with E-state index in [0.29, 0.717) is 5.92 Å². The number of benzene rings is 1. The lowest BCUT2D eigenvalue weighted by atomic mass is 9.89. The summed E-state index contributed by atoms with van der Waals surface area (Å²) in [6.45, 7) is 0. The lowest BCUT2D eigenvalue weighted by Gasteiger charge is -2.18. The maximum Gasteiger partial charge on any atom is 0.234 e. The maximum atomic E-state index is 5.74. The van der Waals surface area contributed by atoms with Gasteiger partial charge in [-0.25, -0.2) is 0 Å². The normalized spacial score (nSPS) is 16.6. The second-order valence-electron chi connectivity index (χ2n) is 5.62. The van der Waals surface area contributed by atoms with Crippen molar-refractivity contribution in [3.05, 3.63) is 30.1 Å². The van der Waals surface area contributed by atoms with Gasteiger partial charge in [0.05, 0.1) is 0 Å². The van der Waals surface area contributed by atoms with Crippen molar-refractivity contribution in [3.63, 3.8) is 0 Å². The van der Waals surface area contributed by atoms with Crippen LogP contribution in [-0.2, 0) is 0 Å². The van der Waals surface area contributed by atoms with Crippen LogP contribution < -0.4 is 5.73 Å². The Balaban J connectivity index is 1.73. The lowest BCUT2D eigenvalue weighted by molar-refractivity contribution is 0.423. The molecule has 0 aliphatic heterocycles. The van der Waals surface area contributed by atoms with E-state index in [1.54, 1.807) is 11.3 Å². The van der Waals surface area contributed by atoms with Crippen molar-refractivity contribution in [1.29, 1.82) is 0 Å². The summed E-state index contributed by atoms with van der Waals surface area (Å²) >= 11 is 1.58. The van der Waals surface area contributed by atoms with Crippen LogP contribution in [-0.4, -0.2) is 19.8 Å². The predicted molar refractivity (Wildman–Crippen MR) is 84.3 cm³/mol. The van der Waals surface area contributed by atoms with Gasteiger partial charge in [-0.1, -0.05) is 30.6 Å². The second-order valence-corrected chi connectivity index (χ2v) is 6.57. The van der Waals surface area contributed by atoms with E-state index in [9.17, 15) is 0 Å². The molecule has 1 aromatic carbocycles. The Labute approximate surface area is 126 Å². The summed E-state index contributed by atoms with van der Waals surface area (Å²) in [6.07, 6.45) is 6.32. The highest BCUT2D eigenvalue weighted by atomic mass is 32.1. The Hall–Kier alpha value is -1.95. The number of hydrogen-bond donors (Lipinski definition) is 1. The quantitative estimate of drug-likeness (QED) is 0.735. The summed E-state index contributed by atoms with van der Waals surface area (Å²) < 4.78 is 1.94. The van der Waals surface area contributed by atoms with E-state index >= 15 is 0 Å². The summed E-state index contributed by atoms with van der Waals surface area (Å²) in [5.74, 6) is 1.54. The van der Waals surface area contributed by atoms with E-state index in [1.165, 1.54) is 32.1 Å². The van der Waals surface area contributed by atoms with Crippen LogP contribution in [0.3, 0.4) is 0 Å². The first-order valence-corrected chi connectivity index (χ1v) is 8.21. The van der Waals surface area contributed by atoms with Gasteiger partial charge in [0.15, 0.2) is 5.82 Å². The van der Waals surface area contributed by atoms with Crippen molar-refractivity contribution in [2.24, 2.45) is 0 Å². The van der Waals surface area contributed by atoms with Gasteiger partial charge in [0.25, 0.3) is 0 Å². The van der Waals surface area contributed by atoms with Gasteiger partial charge in [0, 0.05) is 17.2 Å². The van der Waals surface area contributed by atoms with Gasteiger partial charge < -0.3 is 5.73 Å². The molecule has 2 aromatic heterocycles. The molecule has 1 aliphatic carbocycles. The number of rotatable bonds is 2. The number of fused-ring (bicyclic) bond motifs is 1. The smallest absolute Gasteiger partial charge is 0.234 e. The Morgan fingerprint density at radius 2 is 1.81 bits per heavy atom. The third-order valence-corrected chi connectivity index (χ3v) is 5.09. The topological polar surface area (TPSA) is 69.1 Å². The van der Waals surface area contributed by atoms with Crippen molar-refractivity contribution in [2.75, 3.05) is 5.73 Å². The van der Waals surface area contributed by atoms with E-state index in [1.807, 2.05) is 28.8 Å². The van der Waals surface area contributed by atoms with Crippen LogP contribution >= 0.6 is 11.3 Å². The van der Waals surface area contributed by atoms with E-state index in [-0.39, 0.29) is 0 Å². The number of nitrogens with two attached hydrogens (primary N) is 1. The molecule has 2 heterocycles. The third-order valence-electron chi connectivity index (χ3n) is 4.14.